The summed E-state index contributed by atoms with van der Waals surface area (Å²) in [6, 6.07) is -0.00855. The summed E-state index contributed by atoms with van der Waals surface area (Å²) < 4.78 is 56.9. The maximum atomic E-state index is 13.4. The van der Waals surface area contributed by atoms with Gasteiger partial charge in [0.25, 0.3) is 5.89 Å². The van der Waals surface area contributed by atoms with Crippen molar-refractivity contribution in [3.8, 4) is 11.5 Å². The highest BCUT2D eigenvalue weighted by molar-refractivity contribution is 5.86. The summed E-state index contributed by atoms with van der Waals surface area (Å²) in [4.78, 5) is 10.7. The first-order chi connectivity index (χ1) is 8.90. The van der Waals surface area contributed by atoms with Gasteiger partial charge in [0.15, 0.2) is 23.3 Å². The molecule has 0 bridgehead atoms. The molecule has 5 nitrogen and oxygen atoms in total. The van der Waals surface area contributed by atoms with Crippen LogP contribution < -0.4 is 5.32 Å². The zero-order chi connectivity index (χ0) is 14.2. The Bertz CT molecular complexity index is 656. The minimum Gasteiger partial charge on any atom is -0.403 e. The third-order valence-electron chi connectivity index (χ3n) is 2.04. The first kappa shape index (κ1) is 13.0. The summed E-state index contributed by atoms with van der Waals surface area (Å²) >= 11 is 0. The van der Waals surface area contributed by atoms with Gasteiger partial charge in [0.2, 0.25) is 5.91 Å². The largest absolute Gasteiger partial charge is 0.403 e. The van der Waals surface area contributed by atoms with Crippen LogP contribution in [0.5, 0.6) is 0 Å². The van der Waals surface area contributed by atoms with Gasteiger partial charge in [-0.15, -0.1) is 5.10 Å². The fourth-order valence-electron chi connectivity index (χ4n) is 1.26. The van der Waals surface area contributed by atoms with Crippen LogP contribution >= 0.6 is 0 Å². The molecule has 2 aromatic rings. The number of amides is 1. The van der Waals surface area contributed by atoms with E-state index in [2.05, 4.69) is 15.5 Å². The van der Waals surface area contributed by atoms with Crippen LogP contribution in [-0.2, 0) is 4.79 Å². The molecular formula is C10H5F4N3O2. The summed E-state index contributed by atoms with van der Waals surface area (Å²) in [6.07, 6.45) is 0. The van der Waals surface area contributed by atoms with E-state index in [0.717, 1.165) is 6.92 Å². The van der Waals surface area contributed by atoms with Crippen molar-refractivity contribution >= 4 is 11.9 Å². The second-order valence-corrected chi connectivity index (χ2v) is 3.44. The number of anilines is 1. The molecule has 0 aliphatic rings. The number of carbonyl (C=O) groups excluding carboxylic acids is 1. The maximum absolute atomic E-state index is 13.4. The lowest BCUT2D eigenvalue weighted by Gasteiger charge is -2.01. The fraction of sp³-hybridized carbons (Fsp3) is 0.100. The summed E-state index contributed by atoms with van der Waals surface area (Å²) in [5.74, 6) is -8.34. The smallest absolute Gasteiger partial charge is 0.322 e. The van der Waals surface area contributed by atoms with E-state index in [4.69, 9.17) is 4.42 Å². The van der Waals surface area contributed by atoms with Crippen LogP contribution in [0.4, 0.5) is 23.6 Å². The molecule has 0 unspecified atom stereocenters. The first-order valence-corrected chi connectivity index (χ1v) is 4.84. The molecule has 0 atom stereocenters. The number of benzene rings is 1. The van der Waals surface area contributed by atoms with E-state index in [0.29, 0.717) is 6.07 Å². The molecule has 0 aliphatic carbocycles. The van der Waals surface area contributed by atoms with Crippen LogP contribution in [0.2, 0.25) is 0 Å². The third kappa shape index (κ3) is 2.39. The van der Waals surface area contributed by atoms with Gasteiger partial charge < -0.3 is 4.42 Å². The molecule has 19 heavy (non-hydrogen) atoms. The van der Waals surface area contributed by atoms with Crippen LogP contribution in [-0.4, -0.2) is 16.1 Å². The van der Waals surface area contributed by atoms with Crippen LogP contribution in [0.1, 0.15) is 6.92 Å². The highest BCUT2D eigenvalue weighted by atomic mass is 19.2. The van der Waals surface area contributed by atoms with E-state index in [-0.39, 0.29) is 6.01 Å². The van der Waals surface area contributed by atoms with Gasteiger partial charge in [-0.2, -0.15) is 0 Å². The van der Waals surface area contributed by atoms with Gasteiger partial charge in [0.1, 0.15) is 0 Å². The molecular weight excluding hydrogens is 270 g/mol. The maximum Gasteiger partial charge on any atom is 0.322 e. The van der Waals surface area contributed by atoms with E-state index in [1.165, 1.54) is 0 Å². The zero-order valence-electron chi connectivity index (χ0n) is 9.30. The van der Waals surface area contributed by atoms with Crippen molar-refractivity contribution in [1.82, 2.24) is 10.2 Å². The second kappa shape index (κ2) is 4.67. The normalized spacial score (nSPS) is 10.6. The number of halogens is 4. The molecule has 1 aromatic heterocycles. The molecule has 0 aliphatic heterocycles. The second-order valence-electron chi connectivity index (χ2n) is 3.44. The van der Waals surface area contributed by atoms with Crippen molar-refractivity contribution < 1.29 is 26.8 Å². The molecule has 9 heteroatoms. The van der Waals surface area contributed by atoms with Crippen molar-refractivity contribution in [1.29, 1.82) is 0 Å². The molecule has 1 amide bonds. The Hall–Kier alpha value is -2.45. The van der Waals surface area contributed by atoms with Gasteiger partial charge in [0.05, 0.1) is 5.56 Å². The van der Waals surface area contributed by atoms with Gasteiger partial charge in [-0.1, -0.05) is 5.10 Å². The third-order valence-corrected chi connectivity index (χ3v) is 2.04. The van der Waals surface area contributed by atoms with Gasteiger partial charge >= 0.3 is 6.01 Å². The Balaban J connectivity index is 2.47. The lowest BCUT2D eigenvalue weighted by Crippen LogP contribution is -2.05. The molecule has 1 N–H and O–H groups in total. The fourth-order valence-corrected chi connectivity index (χ4v) is 1.26. The number of hydrogen-bond acceptors (Lipinski definition) is 4. The standard InChI is InChI=1S/C10H5F4N3O2/c1-3(18)15-10-17-16-9(19-10)4-2-5(11)7(13)8(14)6(4)12/h2H,1H3,(H,15,17,18). The number of rotatable bonds is 2. The minimum absolute atomic E-state index is 0.374. The summed E-state index contributed by atoms with van der Waals surface area (Å²) in [7, 11) is 0. The zero-order valence-corrected chi connectivity index (χ0v) is 9.30. The predicted octanol–water partition coefficient (Wildman–Crippen LogP) is 2.25. The molecule has 0 saturated carbocycles. The predicted molar refractivity (Wildman–Crippen MR) is 53.9 cm³/mol. The summed E-state index contributed by atoms with van der Waals surface area (Å²) in [6.45, 7) is 1.15. The van der Waals surface area contributed by atoms with Gasteiger partial charge in [-0.25, -0.2) is 17.6 Å². The number of nitrogens with one attached hydrogen (secondary N) is 1. The van der Waals surface area contributed by atoms with Gasteiger partial charge in [0, 0.05) is 6.92 Å². The molecule has 2 rings (SSSR count). The molecule has 1 heterocycles. The quantitative estimate of drug-likeness (QED) is 0.518. The number of nitrogens with zero attached hydrogens (tertiary/aromatic N) is 2. The number of aromatic nitrogens is 2. The lowest BCUT2D eigenvalue weighted by molar-refractivity contribution is -0.114. The summed E-state index contributed by atoms with van der Waals surface area (Å²) in [5, 5.41) is 8.68. The van der Waals surface area contributed by atoms with Crippen molar-refractivity contribution in [3.63, 3.8) is 0 Å². The monoisotopic (exact) mass is 275 g/mol. The SMILES string of the molecule is CC(=O)Nc1nnc(-c2cc(F)c(F)c(F)c2F)o1. The van der Waals surface area contributed by atoms with Crippen molar-refractivity contribution in [2.45, 2.75) is 6.92 Å². The van der Waals surface area contributed by atoms with Crippen LogP contribution in [0.25, 0.3) is 11.5 Å². The molecule has 0 radical (unpaired) electrons. The van der Waals surface area contributed by atoms with Crippen LogP contribution in [0.15, 0.2) is 10.5 Å². The first-order valence-electron chi connectivity index (χ1n) is 4.84. The van der Waals surface area contributed by atoms with E-state index < -0.39 is 40.6 Å². The van der Waals surface area contributed by atoms with Crippen molar-refractivity contribution in [3.05, 3.63) is 29.3 Å². The topological polar surface area (TPSA) is 68.0 Å². The Kier molecular flexibility index (Phi) is 3.19. The number of carbonyl (C=O) groups is 1. The highest BCUT2D eigenvalue weighted by Gasteiger charge is 2.23. The average Bonchev–Trinajstić information content (AvgIpc) is 2.78. The number of hydrogen-bond donors (Lipinski definition) is 1. The molecule has 0 spiro atoms. The van der Waals surface area contributed by atoms with Crippen molar-refractivity contribution in [2.24, 2.45) is 0 Å². The van der Waals surface area contributed by atoms with E-state index in [1.807, 2.05) is 0 Å². The van der Waals surface area contributed by atoms with E-state index >= 15 is 0 Å². The molecule has 1 aromatic carbocycles. The van der Waals surface area contributed by atoms with Gasteiger partial charge in [-0.3, -0.25) is 10.1 Å². The van der Waals surface area contributed by atoms with Crippen LogP contribution in [0, 0.1) is 23.3 Å². The Morgan fingerprint density at radius 2 is 1.84 bits per heavy atom. The van der Waals surface area contributed by atoms with Gasteiger partial charge in [-0.05, 0) is 6.07 Å². The molecule has 100 valence electrons. The Labute approximate surface area is 103 Å². The van der Waals surface area contributed by atoms with E-state index in [9.17, 15) is 22.4 Å². The Morgan fingerprint density at radius 1 is 1.16 bits per heavy atom. The molecule has 0 saturated heterocycles. The molecule has 0 fully saturated rings. The minimum atomic E-state index is -1.99. The highest BCUT2D eigenvalue weighted by Crippen LogP contribution is 2.27. The lowest BCUT2D eigenvalue weighted by atomic mass is 10.2. The van der Waals surface area contributed by atoms with Crippen LogP contribution in [0.3, 0.4) is 0 Å². The van der Waals surface area contributed by atoms with Crippen molar-refractivity contribution in [2.75, 3.05) is 5.32 Å². The van der Waals surface area contributed by atoms with E-state index in [1.54, 1.807) is 0 Å². The Morgan fingerprint density at radius 3 is 2.47 bits per heavy atom. The summed E-state index contributed by atoms with van der Waals surface area (Å²) in [5.41, 5.74) is -0.750. The average molecular weight is 275 g/mol.